The maximum atomic E-state index is 12.7. The van der Waals surface area contributed by atoms with Crippen LogP contribution in [0.3, 0.4) is 0 Å². The number of methoxy groups -OCH3 is 1. The second-order valence-corrected chi connectivity index (χ2v) is 8.57. The van der Waals surface area contributed by atoms with Crippen LogP contribution in [0.5, 0.6) is 5.75 Å². The molecule has 0 aromatic heterocycles. The number of benzene rings is 3. The second-order valence-electron chi connectivity index (χ2n) is 7.50. The number of rotatable bonds is 5. The molecule has 0 saturated carbocycles. The Morgan fingerprint density at radius 2 is 1.81 bits per heavy atom. The van der Waals surface area contributed by atoms with Gasteiger partial charge >= 0.3 is 0 Å². The fraction of sp³-hybridized carbons (Fsp3) is 0.200. The van der Waals surface area contributed by atoms with Crippen molar-refractivity contribution in [2.45, 2.75) is 19.2 Å². The van der Waals surface area contributed by atoms with E-state index in [1.54, 1.807) is 43.1 Å². The molecule has 0 radical (unpaired) electrons. The van der Waals surface area contributed by atoms with Crippen molar-refractivity contribution in [3.8, 4) is 5.75 Å². The summed E-state index contributed by atoms with van der Waals surface area (Å²) in [7, 11) is 1.59. The number of anilines is 2. The minimum Gasteiger partial charge on any atom is -0.497 e. The summed E-state index contributed by atoms with van der Waals surface area (Å²) in [5, 5.41) is 2.82. The van der Waals surface area contributed by atoms with Gasteiger partial charge in [-0.05, 0) is 79.1 Å². The lowest BCUT2D eigenvalue weighted by molar-refractivity contribution is -0.115. The minimum absolute atomic E-state index is 0.0888. The van der Waals surface area contributed by atoms with Crippen LogP contribution in [-0.2, 0) is 4.79 Å². The maximum absolute atomic E-state index is 12.7. The molecule has 3 aromatic rings. The van der Waals surface area contributed by atoms with E-state index in [9.17, 15) is 9.59 Å². The fourth-order valence-corrected chi connectivity index (χ4v) is 4.71. The summed E-state index contributed by atoms with van der Waals surface area (Å²) >= 11 is 1.59. The van der Waals surface area contributed by atoms with Crippen LogP contribution in [0.4, 0.5) is 11.4 Å². The number of aryl methyl sites for hydroxylation is 2. The third kappa shape index (κ3) is 4.44. The third-order valence-corrected chi connectivity index (χ3v) is 6.63. The van der Waals surface area contributed by atoms with Crippen LogP contribution in [0.1, 0.15) is 32.4 Å². The van der Waals surface area contributed by atoms with Crippen molar-refractivity contribution in [1.82, 2.24) is 0 Å². The minimum atomic E-state index is -0.194. The molecule has 1 saturated heterocycles. The lowest BCUT2D eigenvalue weighted by atomic mass is 10.1. The monoisotopic (exact) mass is 432 g/mol. The van der Waals surface area contributed by atoms with Gasteiger partial charge in [0.1, 0.15) is 11.1 Å². The Bertz CT molecular complexity index is 1130. The van der Waals surface area contributed by atoms with Crippen LogP contribution < -0.4 is 15.0 Å². The summed E-state index contributed by atoms with van der Waals surface area (Å²) in [5.41, 5.74) is 5.47. The molecule has 1 heterocycles. The maximum Gasteiger partial charge on any atom is 0.255 e. The molecule has 1 aliphatic rings. The smallest absolute Gasteiger partial charge is 0.255 e. The number of nitrogens with zero attached hydrogens (tertiary/aromatic N) is 1. The first-order valence-electron chi connectivity index (χ1n) is 10.0. The third-order valence-electron chi connectivity index (χ3n) is 5.42. The average Bonchev–Trinajstić information content (AvgIpc) is 3.17. The quantitative estimate of drug-likeness (QED) is 0.591. The standard InChI is InChI=1S/C25H24N2O3S/c1-16-7-10-21(13-17(16)2)27-23(28)15-31-25(27)19-5-4-6-20(14-19)26-24(29)18-8-11-22(30-3)12-9-18/h4-14,25H,15H2,1-3H3,(H,26,29)/t25-/m0/s1. The number of carbonyl (C=O) groups is 2. The molecule has 0 spiro atoms. The van der Waals surface area contributed by atoms with Gasteiger partial charge in [0.05, 0.1) is 12.9 Å². The SMILES string of the molecule is COc1ccc(C(=O)Nc2cccc([C@@H]3SCC(=O)N3c3ccc(C)c(C)c3)c2)cc1. The van der Waals surface area contributed by atoms with Crippen molar-refractivity contribution in [2.75, 3.05) is 23.1 Å². The predicted octanol–water partition coefficient (Wildman–Crippen LogP) is 5.34. The van der Waals surface area contributed by atoms with Crippen molar-refractivity contribution in [2.24, 2.45) is 0 Å². The molecule has 158 valence electrons. The molecular formula is C25H24N2O3S. The van der Waals surface area contributed by atoms with Gasteiger partial charge in [0, 0.05) is 16.9 Å². The zero-order valence-electron chi connectivity index (χ0n) is 17.7. The molecule has 1 N–H and O–H groups in total. The van der Waals surface area contributed by atoms with Crippen LogP contribution in [0, 0.1) is 13.8 Å². The summed E-state index contributed by atoms with van der Waals surface area (Å²) in [6, 6.07) is 20.8. The van der Waals surface area contributed by atoms with Gasteiger partial charge in [0.15, 0.2) is 0 Å². The van der Waals surface area contributed by atoms with Crippen molar-refractivity contribution in [1.29, 1.82) is 0 Å². The highest BCUT2D eigenvalue weighted by Gasteiger charge is 2.34. The largest absolute Gasteiger partial charge is 0.497 e. The van der Waals surface area contributed by atoms with Gasteiger partial charge in [-0.2, -0.15) is 0 Å². The number of nitrogens with one attached hydrogen (secondary N) is 1. The summed E-state index contributed by atoms with van der Waals surface area (Å²) in [4.78, 5) is 27.2. The first-order chi connectivity index (χ1) is 15.0. The Labute approximate surface area is 186 Å². The summed E-state index contributed by atoms with van der Waals surface area (Å²) in [6.07, 6.45) is 0. The van der Waals surface area contributed by atoms with E-state index in [0.29, 0.717) is 22.8 Å². The zero-order chi connectivity index (χ0) is 22.0. The number of ether oxygens (including phenoxy) is 1. The number of amides is 2. The highest BCUT2D eigenvalue weighted by atomic mass is 32.2. The molecule has 0 aliphatic carbocycles. The molecule has 2 amide bonds. The van der Waals surface area contributed by atoms with Gasteiger partial charge in [-0.1, -0.05) is 18.2 Å². The first-order valence-corrected chi connectivity index (χ1v) is 11.1. The Kier molecular flexibility index (Phi) is 6.00. The van der Waals surface area contributed by atoms with Crippen LogP contribution >= 0.6 is 11.8 Å². The van der Waals surface area contributed by atoms with Gasteiger partial charge in [-0.3, -0.25) is 14.5 Å². The molecule has 0 unspecified atom stereocenters. The fourth-order valence-electron chi connectivity index (χ4n) is 3.54. The normalized spacial score (nSPS) is 15.8. The first kappa shape index (κ1) is 21.0. The van der Waals surface area contributed by atoms with E-state index in [1.807, 2.05) is 41.3 Å². The molecular weight excluding hydrogens is 408 g/mol. The van der Waals surface area contributed by atoms with E-state index < -0.39 is 0 Å². The van der Waals surface area contributed by atoms with E-state index >= 15 is 0 Å². The van der Waals surface area contributed by atoms with E-state index in [1.165, 1.54) is 5.56 Å². The lowest BCUT2D eigenvalue weighted by Gasteiger charge is -2.25. The zero-order valence-corrected chi connectivity index (χ0v) is 18.5. The Hall–Kier alpha value is -3.25. The number of carbonyl (C=O) groups excluding carboxylic acids is 2. The molecule has 3 aromatic carbocycles. The van der Waals surface area contributed by atoms with E-state index in [0.717, 1.165) is 16.8 Å². The molecule has 0 bridgehead atoms. The summed E-state index contributed by atoms with van der Waals surface area (Å²) < 4.78 is 5.14. The van der Waals surface area contributed by atoms with Crippen molar-refractivity contribution in [3.05, 3.63) is 89.0 Å². The highest BCUT2D eigenvalue weighted by Crippen LogP contribution is 2.42. The van der Waals surface area contributed by atoms with Crippen molar-refractivity contribution in [3.63, 3.8) is 0 Å². The Balaban J connectivity index is 1.57. The van der Waals surface area contributed by atoms with Crippen LogP contribution in [0.15, 0.2) is 66.7 Å². The Morgan fingerprint density at radius 3 is 2.52 bits per heavy atom. The molecule has 1 aliphatic heterocycles. The molecule has 1 fully saturated rings. The number of hydrogen-bond donors (Lipinski definition) is 1. The van der Waals surface area contributed by atoms with Crippen molar-refractivity contribution < 1.29 is 14.3 Å². The Morgan fingerprint density at radius 1 is 1.03 bits per heavy atom. The lowest BCUT2D eigenvalue weighted by Crippen LogP contribution is -2.28. The number of thioether (sulfide) groups is 1. The van der Waals surface area contributed by atoms with Crippen LogP contribution in [0.25, 0.3) is 0 Å². The van der Waals surface area contributed by atoms with Crippen molar-refractivity contribution >= 4 is 35.0 Å². The number of hydrogen-bond acceptors (Lipinski definition) is 4. The highest BCUT2D eigenvalue weighted by molar-refractivity contribution is 8.00. The van der Waals surface area contributed by atoms with E-state index in [2.05, 4.69) is 25.2 Å². The molecule has 6 heteroatoms. The average molecular weight is 433 g/mol. The van der Waals surface area contributed by atoms with Gasteiger partial charge in [0.25, 0.3) is 5.91 Å². The van der Waals surface area contributed by atoms with Crippen LogP contribution in [-0.4, -0.2) is 24.7 Å². The van der Waals surface area contributed by atoms with Crippen LogP contribution in [0.2, 0.25) is 0 Å². The van der Waals surface area contributed by atoms with Gasteiger partial charge in [-0.15, -0.1) is 11.8 Å². The van der Waals surface area contributed by atoms with Gasteiger partial charge in [0.2, 0.25) is 5.91 Å². The molecule has 5 nitrogen and oxygen atoms in total. The summed E-state index contributed by atoms with van der Waals surface area (Å²) in [5.74, 6) is 1.03. The molecule has 1 atom stereocenters. The molecule has 4 rings (SSSR count). The second kappa shape index (κ2) is 8.86. The predicted molar refractivity (Wildman–Crippen MR) is 126 cm³/mol. The topological polar surface area (TPSA) is 58.6 Å². The van der Waals surface area contributed by atoms with Gasteiger partial charge in [-0.25, -0.2) is 0 Å². The van der Waals surface area contributed by atoms with E-state index in [-0.39, 0.29) is 17.2 Å². The van der Waals surface area contributed by atoms with E-state index in [4.69, 9.17) is 4.74 Å². The molecule has 31 heavy (non-hydrogen) atoms. The van der Waals surface area contributed by atoms with Gasteiger partial charge < -0.3 is 10.1 Å². The summed E-state index contributed by atoms with van der Waals surface area (Å²) in [6.45, 7) is 4.11.